The number of nitrogens with one attached hydrogen (secondary N) is 2. The zero-order chi connectivity index (χ0) is 34.3. The topological polar surface area (TPSA) is 104 Å². The summed E-state index contributed by atoms with van der Waals surface area (Å²) in [5.74, 6) is 0.645. The van der Waals surface area contributed by atoms with E-state index in [-0.39, 0.29) is 23.4 Å². The number of ether oxygens (including phenoxy) is 2. The lowest BCUT2D eigenvalue weighted by Crippen LogP contribution is -2.46. The second kappa shape index (κ2) is 15.3. The van der Waals surface area contributed by atoms with Crippen molar-refractivity contribution in [3.05, 3.63) is 96.8 Å². The predicted octanol–water partition coefficient (Wildman–Crippen LogP) is 6.84. The molecule has 2 saturated heterocycles. The highest BCUT2D eigenvalue weighted by molar-refractivity contribution is 6.02. The van der Waals surface area contributed by atoms with Gasteiger partial charge < -0.3 is 25.0 Å². The van der Waals surface area contributed by atoms with Gasteiger partial charge in [-0.25, -0.2) is 23.8 Å². The largest absolute Gasteiger partial charge is 0.494 e. The van der Waals surface area contributed by atoms with Crippen LogP contribution in [0.25, 0.3) is 0 Å². The SMILES string of the molecule is C=CC(=O)Nc1cc(Nc2cc(N3OCCC3c3cc(F)cc(Oc4cccc(F)c4)c3)ncn2)c(OC)cc1N1CCN(CCC)CC1. The van der Waals surface area contributed by atoms with E-state index in [2.05, 4.69) is 43.9 Å². The van der Waals surface area contributed by atoms with Gasteiger partial charge >= 0.3 is 0 Å². The Bertz CT molecular complexity index is 1800. The summed E-state index contributed by atoms with van der Waals surface area (Å²) in [6, 6.07) is 15.1. The number of hydrogen-bond acceptors (Lipinski definition) is 10. The third-order valence-corrected chi connectivity index (χ3v) is 8.37. The molecule has 6 rings (SSSR count). The molecule has 3 aromatic carbocycles. The van der Waals surface area contributed by atoms with E-state index in [0.717, 1.165) is 44.8 Å². The van der Waals surface area contributed by atoms with Crippen molar-refractivity contribution in [1.82, 2.24) is 14.9 Å². The van der Waals surface area contributed by atoms with E-state index in [4.69, 9.17) is 14.3 Å². The first-order chi connectivity index (χ1) is 23.8. The summed E-state index contributed by atoms with van der Waals surface area (Å²) >= 11 is 0. The Morgan fingerprint density at radius 3 is 2.59 bits per heavy atom. The zero-order valence-corrected chi connectivity index (χ0v) is 27.5. The number of benzene rings is 3. The van der Waals surface area contributed by atoms with Crippen molar-refractivity contribution in [3.63, 3.8) is 0 Å². The normalized spacial score (nSPS) is 16.4. The van der Waals surface area contributed by atoms with Crippen molar-refractivity contribution in [2.75, 3.05) is 67.0 Å². The molecule has 0 saturated carbocycles. The lowest BCUT2D eigenvalue weighted by Gasteiger charge is -2.37. The highest BCUT2D eigenvalue weighted by Crippen LogP contribution is 2.40. The maximum atomic E-state index is 14.8. The Morgan fingerprint density at radius 1 is 1.02 bits per heavy atom. The minimum atomic E-state index is -0.501. The molecule has 0 radical (unpaired) electrons. The third kappa shape index (κ3) is 8.07. The van der Waals surface area contributed by atoms with Crippen LogP contribution in [0.4, 0.5) is 37.5 Å². The molecule has 2 aliphatic rings. The zero-order valence-electron chi connectivity index (χ0n) is 27.5. The molecule has 1 amide bonds. The summed E-state index contributed by atoms with van der Waals surface area (Å²) in [6.45, 7) is 10.7. The van der Waals surface area contributed by atoms with Crippen molar-refractivity contribution in [3.8, 4) is 17.2 Å². The number of methoxy groups -OCH3 is 1. The van der Waals surface area contributed by atoms with Gasteiger partial charge in [0.2, 0.25) is 5.91 Å². The second-order valence-electron chi connectivity index (χ2n) is 11.7. The van der Waals surface area contributed by atoms with Crippen LogP contribution < -0.4 is 30.1 Å². The van der Waals surface area contributed by atoms with E-state index in [0.29, 0.717) is 47.4 Å². The summed E-state index contributed by atoms with van der Waals surface area (Å²) in [7, 11) is 1.59. The van der Waals surface area contributed by atoms with E-state index in [1.807, 2.05) is 12.1 Å². The molecule has 0 spiro atoms. The quantitative estimate of drug-likeness (QED) is 0.156. The maximum absolute atomic E-state index is 14.8. The average Bonchev–Trinajstić information content (AvgIpc) is 3.59. The molecule has 0 aliphatic carbocycles. The second-order valence-corrected chi connectivity index (χ2v) is 11.7. The molecule has 13 heteroatoms. The van der Waals surface area contributed by atoms with Crippen LogP contribution in [-0.2, 0) is 9.63 Å². The van der Waals surface area contributed by atoms with Crippen molar-refractivity contribution in [2.45, 2.75) is 25.8 Å². The van der Waals surface area contributed by atoms with Gasteiger partial charge in [-0.3, -0.25) is 14.5 Å². The highest BCUT2D eigenvalue weighted by atomic mass is 19.1. The van der Waals surface area contributed by atoms with E-state index in [9.17, 15) is 13.6 Å². The summed E-state index contributed by atoms with van der Waals surface area (Å²) in [4.78, 5) is 32.0. The van der Waals surface area contributed by atoms with Crippen LogP contribution in [0.2, 0.25) is 0 Å². The number of hydrogen-bond donors (Lipinski definition) is 2. The van der Waals surface area contributed by atoms with Gasteiger partial charge in [-0.1, -0.05) is 19.6 Å². The molecule has 11 nitrogen and oxygen atoms in total. The molecule has 4 aromatic rings. The van der Waals surface area contributed by atoms with Crippen LogP contribution in [0, 0.1) is 11.6 Å². The molecule has 2 fully saturated rings. The molecule has 0 bridgehead atoms. The van der Waals surface area contributed by atoms with Crippen LogP contribution >= 0.6 is 0 Å². The van der Waals surface area contributed by atoms with Gasteiger partial charge in [0.1, 0.15) is 41.0 Å². The van der Waals surface area contributed by atoms with Crippen LogP contribution in [0.1, 0.15) is 31.4 Å². The molecule has 49 heavy (non-hydrogen) atoms. The molecule has 1 atom stereocenters. The Labute approximate surface area is 284 Å². The van der Waals surface area contributed by atoms with Gasteiger partial charge in [-0.2, -0.15) is 0 Å². The van der Waals surface area contributed by atoms with Crippen LogP contribution in [-0.4, -0.2) is 67.2 Å². The molecule has 2 N–H and O–H groups in total. The van der Waals surface area contributed by atoms with Gasteiger partial charge in [-0.05, 0) is 54.9 Å². The summed E-state index contributed by atoms with van der Waals surface area (Å²) in [5.41, 5.74) is 2.63. The van der Waals surface area contributed by atoms with Crippen molar-refractivity contribution in [1.29, 1.82) is 0 Å². The van der Waals surface area contributed by atoms with Gasteiger partial charge in [0.05, 0.1) is 36.8 Å². The Kier molecular flexibility index (Phi) is 10.5. The van der Waals surface area contributed by atoms with E-state index >= 15 is 0 Å². The van der Waals surface area contributed by atoms with Crippen molar-refractivity contribution >= 4 is 34.6 Å². The van der Waals surface area contributed by atoms with E-state index < -0.39 is 11.6 Å². The lowest BCUT2D eigenvalue weighted by molar-refractivity contribution is -0.111. The van der Waals surface area contributed by atoms with Crippen LogP contribution in [0.15, 0.2) is 79.6 Å². The number of carbonyl (C=O) groups is 1. The minimum Gasteiger partial charge on any atom is -0.494 e. The summed E-state index contributed by atoms with van der Waals surface area (Å²) in [5, 5.41) is 7.87. The summed E-state index contributed by atoms with van der Waals surface area (Å²) in [6.07, 6.45) is 4.29. The number of halogens is 2. The Balaban J connectivity index is 1.25. The van der Waals surface area contributed by atoms with Crippen LogP contribution in [0.5, 0.6) is 17.2 Å². The third-order valence-electron chi connectivity index (χ3n) is 8.37. The number of anilines is 5. The van der Waals surface area contributed by atoms with Crippen LogP contribution in [0.3, 0.4) is 0 Å². The number of nitrogens with zero attached hydrogens (tertiary/aromatic N) is 5. The van der Waals surface area contributed by atoms with Gasteiger partial charge in [-0.15, -0.1) is 0 Å². The molecule has 3 heterocycles. The standard InChI is InChI=1S/C36H39F2N7O4/c1-4-10-43-11-13-44(14-12-43)32-21-33(47-3)30(20-29(32)42-36(46)5-2)41-34-22-35(40-23-39-34)45-31(9-15-48-45)24-16-26(38)19-28(17-24)49-27-8-6-7-25(37)18-27/h5-8,16-23,31H,2,4,9-15H2,1,3H3,(H,42,46)(H,39,40,41). The number of carbonyl (C=O) groups excluding carboxylic acids is 1. The predicted molar refractivity (Wildman–Crippen MR) is 185 cm³/mol. The first-order valence-electron chi connectivity index (χ1n) is 16.2. The lowest BCUT2D eigenvalue weighted by atomic mass is 10.0. The van der Waals surface area contributed by atoms with E-state index in [1.165, 1.54) is 42.7 Å². The number of rotatable bonds is 12. The number of aromatic nitrogens is 2. The monoisotopic (exact) mass is 671 g/mol. The number of amides is 1. The van der Waals surface area contributed by atoms with Crippen molar-refractivity contribution in [2.24, 2.45) is 0 Å². The average molecular weight is 672 g/mol. The number of piperazine rings is 1. The first kappa shape index (κ1) is 33.6. The van der Waals surface area contributed by atoms with Gasteiger partial charge in [0, 0.05) is 56.9 Å². The van der Waals surface area contributed by atoms with Crippen molar-refractivity contribution < 1.29 is 27.9 Å². The maximum Gasteiger partial charge on any atom is 0.247 e. The summed E-state index contributed by atoms with van der Waals surface area (Å²) < 4.78 is 40.1. The Morgan fingerprint density at radius 2 is 1.84 bits per heavy atom. The minimum absolute atomic E-state index is 0.232. The highest BCUT2D eigenvalue weighted by Gasteiger charge is 2.30. The molecule has 1 aromatic heterocycles. The van der Waals surface area contributed by atoms with Gasteiger partial charge in [0.25, 0.3) is 0 Å². The first-order valence-corrected chi connectivity index (χ1v) is 16.2. The van der Waals surface area contributed by atoms with Gasteiger partial charge in [0.15, 0.2) is 5.82 Å². The fraction of sp³-hybridized carbons (Fsp3) is 0.306. The molecule has 2 aliphatic heterocycles. The fourth-order valence-electron chi connectivity index (χ4n) is 6.08. The Hall–Kier alpha value is -5.27. The molecule has 256 valence electrons. The molecule has 1 unspecified atom stereocenters. The molecular formula is C36H39F2N7O4. The molecular weight excluding hydrogens is 632 g/mol. The number of hydroxylamine groups is 1. The van der Waals surface area contributed by atoms with E-state index in [1.54, 1.807) is 30.4 Å². The fourth-order valence-corrected chi connectivity index (χ4v) is 6.08. The smallest absolute Gasteiger partial charge is 0.247 e.